The summed E-state index contributed by atoms with van der Waals surface area (Å²) in [5, 5.41) is 10.3. The van der Waals surface area contributed by atoms with Gasteiger partial charge < -0.3 is 14.0 Å². The summed E-state index contributed by atoms with van der Waals surface area (Å²) in [5.74, 6) is 2.92. The van der Waals surface area contributed by atoms with Gasteiger partial charge in [-0.15, -0.1) is 10.2 Å². The van der Waals surface area contributed by atoms with Crippen molar-refractivity contribution in [1.29, 1.82) is 0 Å². The summed E-state index contributed by atoms with van der Waals surface area (Å²) in [5.41, 5.74) is 2.07. The predicted octanol–water partition coefficient (Wildman–Crippen LogP) is 4.47. The SMILES string of the molecule is CCCn1c(SCc2cc(Cl)c3c(c2)OCCO3)nnc1-c1ccncc1. The van der Waals surface area contributed by atoms with Crippen molar-refractivity contribution in [2.24, 2.45) is 0 Å². The van der Waals surface area contributed by atoms with Crippen molar-refractivity contribution in [1.82, 2.24) is 19.7 Å². The van der Waals surface area contributed by atoms with E-state index in [-0.39, 0.29) is 0 Å². The van der Waals surface area contributed by atoms with Crippen molar-refractivity contribution in [3.05, 3.63) is 47.2 Å². The first kappa shape index (κ1) is 18.1. The van der Waals surface area contributed by atoms with Gasteiger partial charge in [0.25, 0.3) is 0 Å². The van der Waals surface area contributed by atoms with Gasteiger partial charge in [-0.05, 0) is 36.2 Å². The molecule has 0 bridgehead atoms. The van der Waals surface area contributed by atoms with Crippen LogP contribution < -0.4 is 9.47 Å². The van der Waals surface area contributed by atoms with Gasteiger partial charge in [-0.3, -0.25) is 4.98 Å². The molecule has 0 atom stereocenters. The van der Waals surface area contributed by atoms with Crippen LogP contribution in [0.1, 0.15) is 18.9 Å². The van der Waals surface area contributed by atoms with Crippen molar-refractivity contribution >= 4 is 23.4 Å². The molecule has 1 aliphatic heterocycles. The van der Waals surface area contributed by atoms with Crippen LogP contribution >= 0.6 is 23.4 Å². The fraction of sp³-hybridized carbons (Fsp3) is 0.316. The molecule has 6 nitrogen and oxygen atoms in total. The Hall–Kier alpha value is -2.25. The number of fused-ring (bicyclic) bond motifs is 1. The van der Waals surface area contributed by atoms with Crippen LogP contribution in [0.5, 0.6) is 11.5 Å². The minimum Gasteiger partial charge on any atom is -0.486 e. The van der Waals surface area contributed by atoms with Crippen LogP contribution in [0.2, 0.25) is 5.02 Å². The van der Waals surface area contributed by atoms with Crippen molar-refractivity contribution in [3.63, 3.8) is 0 Å². The largest absolute Gasteiger partial charge is 0.486 e. The smallest absolute Gasteiger partial charge is 0.191 e. The predicted molar refractivity (Wildman–Crippen MR) is 106 cm³/mol. The number of nitrogens with zero attached hydrogens (tertiary/aromatic N) is 4. The first-order valence-corrected chi connectivity index (χ1v) is 10.2. The Balaban J connectivity index is 1.57. The average molecular weight is 403 g/mol. The molecule has 2 aromatic heterocycles. The second-order valence-electron chi connectivity index (χ2n) is 6.08. The second-order valence-corrected chi connectivity index (χ2v) is 7.43. The molecule has 0 fully saturated rings. The highest BCUT2D eigenvalue weighted by molar-refractivity contribution is 7.98. The van der Waals surface area contributed by atoms with Gasteiger partial charge in [-0.2, -0.15) is 0 Å². The molecule has 3 heterocycles. The van der Waals surface area contributed by atoms with Crippen molar-refractivity contribution in [2.45, 2.75) is 30.8 Å². The number of thioether (sulfide) groups is 1. The molecular formula is C19H19ClN4O2S. The lowest BCUT2D eigenvalue weighted by molar-refractivity contribution is 0.171. The minimum absolute atomic E-state index is 0.527. The van der Waals surface area contributed by atoms with E-state index in [1.165, 1.54) is 0 Å². The Morgan fingerprint density at radius 1 is 1.15 bits per heavy atom. The lowest BCUT2D eigenvalue weighted by atomic mass is 10.2. The van der Waals surface area contributed by atoms with Gasteiger partial charge in [0.1, 0.15) is 13.2 Å². The van der Waals surface area contributed by atoms with E-state index in [9.17, 15) is 0 Å². The molecule has 0 aliphatic carbocycles. The van der Waals surface area contributed by atoms with Gasteiger partial charge in [0.15, 0.2) is 22.5 Å². The van der Waals surface area contributed by atoms with Crippen LogP contribution in [0.3, 0.4) is 0 Å². The highest BCUT2D eigenvalue weighted by atomic mass is 35.5. The fourth-order valence-electron chi connectivity index (χ4n) is 2.93. The number of hydrogen-bond acceptors (Lipinski definition) is 6. The van der Waals surface area contributed by atoms with E-state index in [4.69, 9.17) is 21.1 Å². The van der Waals surface area contributed by atoms with E-state index < -0.39 is 0 Å². The Bertz CT molecular complexity index is 933. The zero-order chi connectivity index (χ0) is 18.6. The molecule has 0 N–H and O–H groups in total. The first-order valence-electron chi connectivity index (χ1n) is 8.80. The summed E-state index contributed by atoms with van der Waals surface area (Å²) < 4.78 is 13.4. The third-order valence-corrected chi connectivity index (χ3v) is 5.45. The lowest BCUT2D eigenvalue weighted by Gasteiger charge is -2.20. The lowest BCUT2D eigenvalue weighted by Crippen LogP contribution is -2.15. The number of pyridine rings is 1. The normalized spacial score (nSPS) is 13.0. The maximum Gasteiger partial charge on any atom is 0.191 e. The second kappa shape index (κ2) is 8.19. The Kier molecular flexibility index (Phi) is 5.50. The van der Waals surface area contributed by atoms with E-state index in [1.54, 1.807) is 24.2 Å². The zero-order valence-electron chi connectivity index (χ0n) is 14.9. The Labute approximate surface area is 166 Å². The van der Waals surface area contributed by atoms with Gasteiger partial charge in [0.2, 0.25) is 0 Å². The molecule has 3 aromatic rings. The number of ether oxygens (including phenoxy) is 2. The molecule has 0 spiro atoms. The molecule has 4 rings (SSSR count). The molecule has 0 amide bonds. The quantitative estimate of drug-likeness (QED) is 0.567. The van der Waals surface area contributed by atoms with Crippen LogP contribution in [0, 0.1) is 0 Å². The maximum absolute atomic E-state index is 6.34. The molecule has 0 unspecified atom stereocenters. The summed E-state index contributed by atoms with van der Waals surface area (Å²) in [6.07, 6.45) is 4.54. The molecule has 1 aromatic carbocycles. The van der Waals surface area contributed by atoms with Gasteiger partial charge in [-0.25, -0.2) is 0 Å². The zero-order valence-corrected chi connectivity index (χ0v) is 16.5. The number of aromatic nitrogens is 4. The average Bonchev–Trinajstić information content (AvgIpc) is 3.10. The molecule has 0 saturated carbocycles. The highest BCUT2D eigenvalue weighted by Crippen LogP contribution is 2.39. The highest BCUT2D eigenvalue weighted by Gasteiger charge is 2.18. The number of halogens is 1. The summed E-state index contributed by atoms with van der Waals surface area (Å²) in [7, 11) is 0. The molecule has 140 valence electrons. The fourth-order valence-corrected chi connectivity index (χ4v) is 4.11. The van der Waals surface area contributed by atoms with Gasteiger partial charge >= 0.3 is 0 Å². The van der Waals surface area contributed by atoms with Crippen molar-refractivity contribution in [3.8, 4) is 22.9 Å². The first-order chi connectivity index (χ1) is 13.3. The van der Waals surface area contributed by atoms with Crippen molar-refractivity contribution in [2.75, 3.05) is 13.2 Å². The summed E-state index contributed by atoms with van der Waals surface area (Å²) in [4.78, 5) is 4.08. The molecular weight excluding hydrogens is 384 g/mol. The molecule has 27 heavy (non-hydrogen) atoms. The Morgan fingerprint density at radius 3 is 2.78 bits per heavy atom. The van der Waals surface area contributed by atoms with Crippen molar-refractivity contribution < 1.29 is 9.47 Å². The van der Waals surface area contributed by atoms with E-state index >= 15 is 0 Å². The Morgan fingerprint density at radius 2 is 1.96 bits per heavy atom. The van der Waals surface area contributed by atoms with Crippen LogP contribution in [-0.4, -0.2) is 33.0 Å². The van der Waals surface area contributed by atoms with E-state index in [0.717, 1.165) is 35.1 Å². The number of benzene rings is 1. The van der Waals surface area contributed by atoms with Crippen LogP contribution in [0.25, 0.3) is 11.4 Å². The van der Waals surface area contributed by atoms with Crippen LogP contribution in [-0.2, 0) is 12.3 Å². The van der Waals surface area contributed by atoms with E-state index in [2.05, 4.69) is 26.7 Å². The van der Waals surface area contributed by atoms with E-state index in [0.29, 0.717) is 35.5 Å². The third-order valence-electron chi connectivity index (χ3n) is 4.13. The third kappa shape index (κ3) is 3.89. The topological polar surface area (TPSA) is 62.1 Å². The summed E-state index contributed by atoms with van der Waals surface area (Å²) in [6, 6.07) is 7.81. The van der Waals surface area contributed by atoms with Gasteiger partial charge in [-0.1, -0.05) is 30.3 Å². The summed E-state index contributed by atoms with van der Waals surface area (Å²) in [6.45, 7) is 4.07. The molecule has 8 heteroatoms. The van der Waals surface area contributed by atoms with Gasteiger partial charge in [0, 0.05) is 30.3 Å². The summed E-state index contributed by atoms with van der Waals surface area (Å²) >= 11 is 7.97. The van der Waals surface area contributed by atoms with E-state index in [1.807, 2.05) is 24.3 Å². The van der Waals surface area contributed by atoms with Gasteiger partial charge in [0.05, 0.1) is 5.02 Å². The number of rotatable bonds is 6. The monoisotopic (exact) mass is 402 g/mol. The maximum atomic E-state index is 6.34. The van der Waals surface area contributed by atoms with Crippen LogP contribution in [0.4, 0.5) is 0 Å². The minimum atomic E-state index is 0.527. The molecule has 0 radical (unpaired) electrons. The van der Waals surface area contributed by atoms with Crippen LogP contribution in [0.15, 0.2) is 41.8 Å². The molecule has 0 saturated heterocycles. The number of hydrogen-bond donors (Lipinski definition) is 0. The molecule has 1 aliphatic rings. The standard InChI is InChI=1S/C19H19ClN4O2S/c1-2-7-24-18(14-3-5-21-6-4-14)22-23-19(24)27-12-13-10-15(20)17-16(11-13)25-8-9-26-17/h3-6,10-11H,2,7-9,12H2,1H3.